The molecule has 4 N–H and O–H groups in total. The van der Waals surface area contributed by atoms with Gasteiger partial charge in [0.1, 0.15) is 18.0 Å². The van der Waals surface area contributed by atoms with Gasteiger partial charge >= 0.3 is 0 Å². The summed E-state index contributed by atoms with van der Waals surface area (Å²) in [5.74, 6) is 0.625. The Morgan fingerprint density at radius 3 is 3.00 bits per heavy atom. The number of hydrogen-bond acceptors (Lipinski definition) is 5. The van der Waals surface area contributed by atoms with Crippen LogP contribution in [0.5, 0.6) is 0 Å². The number of halogens is 2. The molecule has 3 rings (SSSR count). The molecule has 0 fully saturated rings. The number of fused-ring (bicyclic) bond motifs is 1. The highest BCUT2D eigenvalue weighted by Crippen LogP contribution is 2.23. The molecule has 0 aliphatic heterocycles. The highest BCUT2D eigenvalue weighted by Gasteiger charge is 2.11. The van der Waals surface area contributed by atoms with Gasteiger partial charge in [-0.3, -0.25) is 4.68 Å². The third-order valence-electron chi connectivity index (χ3n) is 2.97. The van der Waals surface area contributed by atoms with Crippen molar-refractivity contribution in [1.82, 2.24) is 24.7 Å². The number of aryl methyl sites for hydroxylation is 1. The van der Waals surface area contributed by atoms with Crippen molar-refractivity contribution in [3.05, 3.63) is 24.2 Å². The minimum absolute atomic E-state index is 0.276. The molecule has 0 atom stereocenters. The third-order valence-corrected chi connectivity index (χ3v) is 2.97. The van der Waals surface area contributed by atoms with Gasteiger partial charge < -0.3 is 16.0 Å². The molecule has 110 valence electrons. The van der Waals surface area contributed by atoms with Gasteiger partial charge in [0, 0.05) is 12.4 Å². The normalized spacial score (nSPS) is 11.4. The molecule has 9 heteroatoms. The van der Waals surface area contributed by atoms with Gasteiger partial charge in [0.05, 0.1) is 17.3 Å². The van der Waals surface area contributed by atoms with Crippen LogP contribution in [0.1, 0.15) is 5.56 Å². The fraction of sp³-hybridized carbons (Fsp3) is 0.250. The van der Waals surface area contributed by atoms with Crippen molar-refractivity contribution in [2.75, 3.05) is 11.1 Å². The van der Waals surface area contributed by atoms with Crippen LogP contribution in [-0.4, -0.2) is 31.2 Å². The average molecular weight is 293 g/mol. The van der Waals surface area contributed by atoms with Crippen LogP contribution >= 0.6 is 0 Å². The molecule has 0 radical (unpaired) electrons. The van der Waals surface area contributed by atoms with E-state index in [1.54, 1.807) is 6.20 Å². The molecule has 21 heavy (non-hydrogen) atoms. The first-order valence-corrected chi connectivity index (χ1v) is 6.22. The zero-order valence-corrected chi connectivity index (χ0v) is 11.1. The van der Waals surface area contributed by atoms with Gasteiger partial charge in [0.15, 0.2) is 0 Å². The largest absolute Gasteiger partial charge is 0.383 e. The van der Waals surface area contributed by atoms with Gasteiger partial charge in [0.2, 0.25) is 5.95 Å². The molecule has 0 aliphatic carbocycles. The van der Waals surface area contributed by atoms with Crippen molar-refractivity contribution in [2.24, 2.45) is 0 Å². The van der Waals surface area contributed by atoms with E-state index < -0.39 is 13.0 Å². The smallest absolute Gasteiger partial charge is 0.257 e. The number of H-pyrrole nitrogens is 1. The van der Waals surface area contributed by atoms with Crippen LogP contribution in [-0.2, 0) is 6.54 Å². The number of aromatic nitrogens is 5. The maximum atomic E-state index is 12.3. The summed E-state index contributed by atoms with van der Waals surface area (Å²) in [6, 6.07) is 0. The first-order valence-electron chi connectivity index (χ1n) is 6.22. The lowest BCUT2D eigenvalue weighted by molar-refractivity contribution is 0.122. The second-order valence-electron chi connectivity index (χ2n) is 4.59. The van der Waals surface area contributed by atoms with Gasteiger partial charge in [-0.2, -0.15) is 15.1 Å². The molecular formula is C12H13F2N7. The number of nitrogens with zero attached hydrogens (tertiary/aromatic N) is 4. The third kappa shape index (κ3) is 2.62. The number of rotatable bonds is 4. The SMILES string of the molecule is Cc1c[nH]c2nc(Nc3cnn(CC(F)F)c3)nc(N)c12. The summed E-state index contributed by atoms with van der Waals surface area (Å²) < 4.78 is 25.7. The minimum Gasteiger partial charge on any atom is -0.383 e. The maximum Gasteiger partial charge on any atom is 0.257 e. The number of alkyl halides is 2. The fourth-order valence-corrected chi connectivity index (χ4v) is 2.07. The van der Waals surface area contributed by atoms with Crippen LogP contribution < -0.4 is 11.1 Å². The summed E-state index contributed by atoms with van der Waals surface area (Å²) in [6.07, 6.45) is 2.21. The fourth-order valence-electron chi connectivity index (χ4n) is 2.07. The highest BCUT2D eigenvalue weighted by molar-refractivity contribution is 5.90. The van der Waals surface area contributed by atoms with Crippen molar-refractivity contribution in [2.45, 2.75) is 19.9 Å². The molecule has 0 aliphatic rings. The summed E-state index contributed by atoms with van der Waals surface area (Å²) in [5.41, 5.74) is 7.98. The molecule has 3 heterocycles. The molecule has 0 bridgehead atoms. The first-order chi connectivity index (χ1) is 10.0. The Labute approximate surface area is 118 Å². The number of nitrogens with two attached hydrogens (primary N) is 1. The quantitative estimate of drug-likeness (QED) is 0.684. The minimum atomic E-state index is -2.46. The van der Waals surface area contributed by atoms with E-state index >= 15 is 0 Å². The summed E-state index contributed by atoms with van der Waals surface area (Å²) in [6.45, 7) is 1.44. The Balaban J connectivity index is 1.86. The summed E-state index contributed by atoms with van der Waals surface area (Å²) in [7, 11) is 0. The van der Waals surface area contributed by atoms with Crippen LogP contribution in [0.25, 0.3) is 11.0 Å². The lowest BCUT2D eigenvalue weighted by Gasteiger charge is -2.04. The lowest BCUT2D eigenvalue weighted by atomic mass is 10.2. The van der Waals surface area contributed by atoms with Crippen molar-refractivity contribution in [1.29, 1.82) is 0 Å². The molecule has 0 aromatic carbocycles. The van der Waals surface area contributed by atoms with Gasteiger partial charge in [0.25, 0.3) is 6.43 Å². The number of anilines is 3. The molecule has 0 saturated carbocycles. The maximum absolute atomic E-state index is 12.3. The van der Waals surface area contributed by atoms with E-state index in [1.807, 2.05) is 6.92 Å². The lowest BCUT2D eigenvalue weighted by Crippen LogP contribution is -2.06. The summed E-state index contributed by atoms with van der Waals surface area (Å²) in [5, 5.41) is 7.48. The second kappa shape index (κ2) is 5.00. The Morgan fingerprint density at radius 2 is 2.24 bits per heavy atom. The van der Waals surface area contributed by atoms with Crippen LogP contribution in [0.2, 0.25) is 0 Å². The van der Waals surface area contributed by atoms with Crippen LogP contribution in [0, 0.1) is 6.92 Å². The van der Waals surface area contributed by atoms with Gasteiger partial charge in [-0.1, -0.05) is 0 Å². The molecule has 0 amide bonds. The highest BCUT2D eigenvalue weighted by atomic mass is 19.3. The van der Waals surface area contributed by atoms with Crippen molar-refractivity contribution < 1.29 is 8.78 Å². The van der Waals surface area contributed by atoms with Crippen molar-refractivity contribution >= 4 is 28.5 Å². The monoisotopic (exact) mass is 293 g/mol. The number of nitrogens with one attached hydrogen (secondary N) is 2. The number of hydrogen-bond donors (Lipinski definition) is 3. The van der Waals surface area contributed by atoms with Crippen LogP contribution in [0.15, 0.2) is 18.6 Å². The van der Waals surface area contributed by atoms with Crippen LogP contribution in [0.3, 0.4) is 0 Å². The Bertz CT molecular complexity index is 777. The predicted molar refractivity (Wildman–Crippen MR) is 74.6 cm³/mol. The zero-order valence-electron chi connectivity index (χ0n) is 11.1. The molecular weight excluding hydrogens is 280 g/mol. The van der Waals surface area contributed by atoms with E-state index in [2.05, 4.69) is 25.4 Å². The van der Waals surface area contributed by atoms with Crippen LogP contribution in [0.4, 0.5) is 26.2 Å². The summed E-state index contributed by atoms with van der Waals surface area (Å²) >= 11 is 0. The van der Waals surface area contributed by atoms with Crippen molar-refractivity contribution in [3.8, 4) is 0 Å². The average Bonchev–Trinajstić information content (AvgIpc) is 2.96. The number of nitrogen functional groups attached to an aromatic ring is 1. The zero-order chi connectivity index (χ0) is 15.0. The molecule has 7 nitrogen and oxygen atoms in total. The van der Waals surface area contributed by atoms with E-state index in [4.69, 9.17) is 5.73 Å². The number of aromatic amines is 1. The van der Waals surface area contributed by atoms with Gasteiger partial charge in [-0.15, -0.1) is 0 Å². The first kappa shape index (κ1) is 13.3. The topological polar surface area (TPSA) is 97.4 Å². The molecule has 0 spiro atoms. The van der Waals surface area contributed by atoms with E-state index in [-0.39, 0.29) is 5.95 Å². The van der Waals surface area contributed by atoms with Gasteiger partial charge in [-0.25, -0.2) is 8.78 Å². The standard InChI is InChI=1S/C12H13F2N7/c1-6-2-16-11-9(6)10(15)19-12(20-11)18-7-3-17-21(4-7)5-8(13)14/h2-4,8H,5H2,1H3,(H4,15,16,18,19,20). The van der Waals surface area contributed by atoms with Crippen molar-refractivity contribution in [3.63, 3.8) is 0 Å². The van der Waals surface area contributed by atoms with Gasteiger partial charge in [-0.05, 0) is 12.5 Å². The second-order valence-corrected chi connectivity index (χ2v) is 4.59. The molecule has 0 saturated heterocycles. The summed E-state index contributed by atoms with van der Waals surface area (Å²) in [4.78, 5) is 11.4. The predicted octanol–water partition coefficient (Wildman–Crippen LogP) is 2.05. The van der Waals surface area contributed by atoms with E-state index in [1.165, 1.54) is 12.4 Å². The van der Waals surface area contributed by atoms with E-state index in [0.717, 1.165) is 15.6 Å². The Kier molecular flexibility index (Phi) is 3.16. The Morgan fingerprint density at radius 1 is 1.43 bits per heavy atom. The Hall–Kier alpha value is -2.71. The van der Waals surface area contributed by atoms with E-state index in [9.17, 15) is 8.78 Å². The molecule has 0 unspecified atom stereocenters. The molecule has 3 aromatic rings. The van der Waals surface area contributed by atoms with E-state index in [0.29, 0.717) is 17.2 Å². The molecule has 3 aromatic heterocycles.